The van der Waals surface area contributed by atoms with E-state index in [1.165, 1.54) is 0 Å². The van der Waals surface area contributed by atoms with Gasteiger partial charge in [0.05, 0.1) is 16.6 Å². The minimum atomic E-state index is -5.01. The fraction of sp³-hybridized carbons (Fsp3) is 0.0909. The van der Waals surface area contributed by atoms with E-state index in [1.807, 2.05) is 5.43 Å². The zero-order chi connectivity index (χ0) is 18.3. The second-order valence-corrected chi connectivity index (χ2v) is 8.03. The molecule has 0 atom stereocenters. The summed E-state index contributed by atoms with van der Waals surface area (Å²) in [4.78, 5) is 42.3. The molecule has 0 spiro atoms. The molecular weight excluding hydrogens is 385 g/mol. The summed E-state index contributed by atoms with van der Waals surface area (Å²) in [7, 11) is -9.26. The molecule has 1 aromatic carbocycles. The van der Waals surface area contributed by atoms with Crippen molar-refractivity contribution in [1.29, 1.82) is 0 Å². The third-order valence-corrected chi connectivity index (χ3v) is 5.39. The molecule has 2 aromatic rings. The first-order chi connectivity index (χ1) is 10.9. The van der Waals surface area contributed by atoms with E-state index in [4.69, 9.17) is 11.6 Å². The summed E-state index contributed by atoms with van der Waals surface area (Å²) in [5.41, 5.74) is 0.515. The van der Waals surface area contributed by atoms with Crippen LogP contribution in [0.5, 0.6) is 0 Å². The van der Waals surface area contributed by atoms with Crippen LogP contribution in [0.25, 0.3) is 10.9 Å². The zero-order valence-corrected chi connectivity index (χ0v) is 14.3. The van der Waals surface area contributed by atoms with Crippen molar-refractivity contribution < 1.29 is 27.6 Å². The molecule has 13 heteroatoms. The summed E-state index contributed by atoms with van der Waals surface area (Å²) in [5, 5.41) is -0.418. The van der Waals surface area contributed by atoms with Crippen LogP contribution in [0.4, 0.5) is 0 Å². The Kier molecular flexibility index (Phi) is 4.86. The minimum absolute atomic E-state index is 0.00877. The van der Waals surface area contributed by atoms with Crippen LogP contribution >= 0.6 is 19.3 Å². The van der Waals surface area contributed by atoms with Crippen LogP contribution in [0.1, 0.15) is 6.92 Å². The molecule has 0 aliphatic rings. The highest BCUT2D eigenvalue weighted by Crippen LogP contribution is 2.39. The summed E-state index contributed by atoms with van der Waals surface area (Å²) in [5.74, 6) is -0.667. The lowest BCUT2D eigenvalue weighted by Crippen LogP contribution is -2.40. The average Bonchev–Trinajstić information content (AvgIpc) is 2.42. The molecule has 0 saturated heterocycles. The number of aromatic nitrogens is 1. The first kappa shape index (κ1) is 18.6. The summed E-state index contributed by atoms with van der Waals surface area (Å²) in [6.45, 7) is 1.08. The molecular formula is C11H10ClN3O7PS. The van der Waals surface area contributed by atoms with Crippen LogP contribution in [-0.2, 0) is 19.4 Å². The molecule has 0 aliphatic carbocycles. The molecule has 0 aliphatic heterocycles. The maximum absolute atomic E-state index is 12.1. The van der Waals surface area contributed by atoms with Crippen LogP contribution in [0.15, 0.2) is 27.9 Å². The van der Waals surface area contributed by atoms with Gasteiger partial charge in [-0.05, 0) is 18.2 Å². The Bertz CT molecular complexity index is 1040. The van der Waals surface area contributed by atoms with Gasteiger partial charge in [-0.15, -0.1) is 4.83 Å². The van der Waals surface area contributed by atoms with Crippen LogP contribution in [0, 0.1) is 6.07 Å². The van der Waals surface area contributed by atoms with Crippen molar-refractivity contribution in [3.05, 3.63) is 39.6 Å². The van der Waals surface area contributed by atoms with Gasteiger partial charge in [-0.1, -0.05) is 11.6 Å². The lowest BCUT2D eigenvalue weighted by Gasteiger charge is -2.13. The largest absolute Gasteiger partial charge is 0.437 e. The number of amides is 1. The van der Waals surface area contributed by atoms with E-state index in [0.29, 0.717) is 0 Å². The van der Waals surface area contributed by atoms with E-state index in [0.717, 1.165) is 25.1 Å². The van der Waals surface area contributed by atoms with Crippen molar-refractivity contribution in [3.63, 3.8) is 0 Å². The van der Waals surface area contributed by atoms with E-state index < -0.39 is 39.2 Å². The molecule has 1 aromatic heterocycles. The molecule has 0 unspecified atom stereocenters. The Morgan fingerprint density at radius 1 is 1.38 bits per heavy atom. The fourth-order valence-corrected chi connectivity index (χ4v) is 4.02. The van der Waals surface area contributed by atoms with E-state index >= 15 is 0 Å². The molecule has 24 heavy (non-hydrogen) atoms. The molecule has 10 nitrogen and oxygen atoms in total. The van der Waals surface area contributed by atoms with Gasteiger partial charge in [-0.3, -0.25) is 15.0 Å². The first-order valence-corrected chi connectivity index (χ1v) is 9.48. The monoisotopic (exact) mass is 394 g/mol. The van der Waals surface area contributed by atoms with Crippen LogP contribution in [0.3, 0.4) is 0 Å². The van der Waals surface area contributed by atoms with Crippen molar-refractivity contribution in [1.82, 2.24) is 14.6 Å². The number of rotatable bonds is 4. The van der Waals surface area contributed by atoms with Gasteiger partial charge >= 0.3 is 7.75 Å². The SMILES string of the molecule is CC(=O)NNS(=O)(=O)c1cc2c[c]c(=O)n(P(=O)(O)O)c2cc1Cl. The van der Waals surface area contributed by atoms with E-state index in [9.17, 15) is 32.4 Å². The number of nitrogens with one attached hydrogen (secondary N) is 2. The summed E-state index contributed by atoms with van der Waals surface area (Å²) >= 11 is 5.87. The number of hydrazine groups is 1. The number of carbonyl (C=O) groups is 1. The molecule has 1 radical (unpaired) electrons. The maximum atomic E-state index is 12.1. The van der Waals surface area contributed by atoms with E-state index in [1.54, 1.807) is 4.83 Å². The zero-order valence-electron chi connectivity index (χ0n) is 11.8. The summed E-state index contributed by atoms with van der Waals surface area (Å²) in [6, 6.07) is 5.07. The number of halogens is 1. The van der Waals surface area contributed by atoms with Crippen molar-refractivity contribution in [2.24, 2.45) is 0 Å². The lowest BCUT2D eigenvalue weighted by molar-refractivity contribution is -0.119. The van der Waals surface area contributed by atoms with Gasteiger partial charge in [0, 0.05) is 12.3 Å². The van der Waals surface area contributed by atoms with Crippen LogP contribution < -0.4 is 15.8 Å². The summed E-state index contributed by atoms with van der Waals surface area (Å²) < 4.78 is 35.8. The molecule has 0 saturated carbocycles. The molecule has 129 valence electrons. The first-order valence-electron chi connectivity index (χ1n) is 6.05. The number of hydrogen-bond donors (Lipinski definition) is 4. The Balaban J connectivity index is 2.73. The minimum Gasteiger partial charge on any atom is -0.308 e. The molecule has 1 amide bonds. The lowest BCUT2D eigenvalue weighted by atomic mass is 10.2. The average molecular weight is 395 g/mol. The number of fused-ring (bicyclic) bond motifs is 1. The third-order valence-electron chi connectivity index (χ3n) is 2.76. The van der Waals surface area contributed by atoms with Crippen molar-refractivity contribution in [2.45, 2.75) is 11.8 Å². The molecule has 2 rings (SSSR count). The second-order valence-electron chi connectivity index (χ2n) is 4.55. The maximum Gasteiger partial charge on any atom is 0.437 e. The van der Waals surface area contributed by atoms with E-state index in [-0.39, 0.29) is 15.2 Å². The predicted octanol–water partition coefficient (Wildman–Crippen LogP) is -0.275. The van der Waals surface area contributed by atoms with Gasteiger partial charge in [-0.2, -0.15) is 0 Å². The summed E-state index contributed by atoms with van der Waals surface area (Å²) in [6.07, 6.45) is 0. The number of benzene rings is 1. The van der Waals surface area contributed by atoms with Gasteiger partial charge in [0.25, 0.3) is 15.6 Å². The van der Waals surface area contributed by atoms with Gasteiger partial charge in [0.15, 0.2) is 0 Å². The number of sulfonamides is 1. The Hall–Kier alpha value is -1.75. The molecule has 0 bridgehead atoms. The number of carbonyl (C=O) groups excluding carboxylic acids is 1. The quantitative estimate of drug-likeness (QED) is 0.410. The van der Waals surface area contributed by atoms with Gasteiger partial charge < -0.3 is 9.79 Å². The topological polar surface area (TPSA) is 155 Å². The standard InChI is InChI=1S/C11H10ClN3O7PS/c1-6(16)13-14-24(21,22)10-4-7-2-3-11(17)15(23(18,19)20)9(7)5-8(10)12/h2,4-5,14H,1H3,(H,13,16)(H2,18,19,20). The highest BCUT2D eigenvalue weighted by atomic mass is 35.5. The van der Waals surface area contributed by atoms with Crippen LogP contribution in [-0.4, -0.2) is 28.4 Å². The third kappa shape index (κ3) is 3.66. The van der Waals surface area contributed by atoms with Crippen molar-refractivity contribution >= 4 is 46.2 Å². The number of nitrogens with zero attached hydrogens (tertiary/aromatic N) is 1. The van der Waals surface area contributed by atoms with E-state index in [2.05, 4.69) is 6.07 Å². The Morgan fingerprint density at radius 2 is 2.00 bits per heavy atom. The predicted molar refractivity (Wildman–Crippen MR) is 83.6 cm³/mol. The van der Waals surface area contributed by atoms with Gasteiger partial charge in [0.1, 0.15) is 4.90 Å². The molecule has 0 fully saturated rings. The normalized spacial score (nSPS) is 12.3. The number of hydrogen-bond acceptors (Lipinski definition) is 5. The van der Waals surface area contributed by atoms with Crippen LogP contribution in [0.2, 0.25) is 5.02 Å². The fourth-order valence-electron chi connectivity index (χ4n) is 1.83. The highest BCUT2D eigenvalue weighted by Gasteiger charge is 2.24. The smallest absolute Gasteiger partial charge is 0.308 e. The Morgan fingerprint density at radius 3 is 2.54 bits per heavy atom. The van der Waals surface area contributed by atoms with Gasteiger partial charge in [0.2, 0.25) is 5.91 Å². The van der Waals surface area contributed by atoms with Crippen molar-refractivity contribution in [3.8, 4) is 0 Å². The second kappa shape index (κ2) is 6.28. The van der Waals surface area contributed by atoms with Gasteiger partial charge in [-0.25, -0.2) is 17.3 Å². The van der Waals surface area contributed by atoms with Crippen molar-refractivity contribution in [2.75, 3.05) is 0 Å². The highest BCUT2D eigenvalue weighted by molar-refractivity contribution is 7.89. The Labute approximate surface area is 140 Å². The molecule has 1 heterocycles. The number of pyridine rings is 1. The molecule has 4 N–H and O–H groups in total.